The van der Waals surface area contributed by atoms with Crippen molar-refractivity contribution < 1.29 is 9.90 Å². The van der Waals surface area contributed by atoms with Gasteiger partial charge in [0.05, 0.1) is 0 Å². The van der Waals surface area contributed by atoms with Crippen LogP contribution in [0.5, 0.6) is 0 Å². The first-order chi connectivity index (χ1) is 9.61. The molecule has 0 bridgehead atoms. The molecule has 0 aliphatic heterocycles. The molecule has 0 aromatic heterocycles. The van der Waals surface area contributed by atoms with Crippen LogP contribution in [0.4, 0.5) is 0 Å². The molecule has 0 spiro atoms. The van der Waals surface area contributed by atoms with Gasteiger partial charge in [0.2, 0.25) is 0 Å². The minimum Gasteiger partial charge on any atom is -0.480 e. The van der Waals surface area contributed by atoms with Gasteiger partial charge < -0.3 is 10.8 Å². The third-order valence-electron chi connectivity index (χ3n) is 3.31. The molecule has 2 atom stereocenters. The SMILES string of the molecule is NC(C(=O)O)C(S)C(c1ccccc1)c1ccccc1. The predicted octanol–water partition coefficient (Wildman–Crippen LogP) is 2.53. The third-order valence-corrected chi connectivity index (χ3v) is 3.93. The van der Waals surface area contributed by atoms with Gasteiger partial charge in [-0.05, 0) is 11.1 Å². The molecular formula is C16H17NO2S. The number of carboxylic acids is 1. The van der Waals surface area contributed by atoms with Crippen molar-refractivity contribution in [2.45, 2.75) is 17.2 Å². The van der Waals surface area contributed by atoms with E-state index in [9.17, 15) is 4.79 Å². The number of rotatable bonds is 5. The fourth-order valence-electron chi connectivity index (χ4n) is 2.26. The molecule has 0 amide bonds. The van der Waals surface area contributed by atoms with Crippen molar-refractivity contribution in [1.82, 2.24) is 0 Å². The van der Waals surface area contributed by atoms with Gasteiger partial charge in [0.25, 0.3) is 0 Å². The summed E-state index contributed by atoms with van der Waals surface area (Å²) in [5.74, 6) is -1.20. The molecule has 4 heteroatoms. The first kappa shape index (κ1) is 14.6. The first-order valence-electron chi connectivity index (χ1n) is 6.37. The molecular weight excluding hydrogens is 270 g/mol. The van der Waals surface area contributed by atoms with Crippen LogP contribution in [0, 0.1) is 0 Å². The Morgan fingerprint density at radius 3 is 1.70 bits per heavy atom. The summed E-state index contributed by atoms with van der Waals surface area (Å²) in [6.45, 7) is 0. The van der Waals surface area contributed by atoms with E-state index in [1.807, 2.05) is 60.7 Å². The summed E-state index contributed by atoms with van der Waals surface area (Å²) in [6, 6.07) is 18.4. The van der Waals surface area contributed by atoms with Gasteiger partial charge in [-0.15, -0.1) is 0 Å². The molecule has 104 valence electrons. The highest BCUT2D eigenvalue weighted by molar-refractivity contribution is 7.81. The van der Waals surface area contributed by atoms with Crippen molar-refractivity contribution in [2.24, 2.45) is 5.73 Å². The van der Waals surface area contributed by atoms with Crippen LogP contribution in [0.25, 0.3) is 0 Å². The summed E-state index contributed by atoms with van der Waals surface area (Å²) in [7, 11) is 0. The van der Waals surface area contributed by atoms with E-state index in [-0.39, 0.29) is 5.92 Å². The van der Waals surface area contributed by atoms with Crippen LogP contribution in [0.15, 0.2) is 60.7 Å². The Labute approximate surface area is 123 Å². The van der Waals surface area contributed by atoms with E-state index in [1.165, 1.54) is 0 Å². The predicted molar refractivity (Wildman–Crippen MR) is 83.1 cm³/mol. The summed E-state index contributed by atoms with van der Waals surface area (Å²) in [6.07, 6.45) is 0. The topological polar surface area (TPSA) is 63.3 Å². The first-order valence-corrected chi connectivity index (χ1v) is 6.89. The molecule has 0 heterocycles. The zero-order valence-electron chi connectivity index (χ0n) is 10.9. The third kappa shape index (κ3) is 3.21. The summed E-state index contributed by atoms with van der Waals surface area (Å²) < 4.78 is 0. The number of carboxylic acid groups (broad SMARTS) is 1. The molecule has 0 radical (unpaired) electrons. The maximum Gasteiger partial charge on any atom is 0.321 e. The molecule has 2 aromatic carbocycles. The Hall–Kier alpha value is -1.78. The van der Waals surface area contributed by atoms with E-state index in [2.05, 4.69) is 12.6 Å². The Morgan fingerprint density at radius 2 is 1.35 bits per heavy atom. The molecule has 20 heavy (non-hydrogen) atoms. The fraction of sp³-hybridized carbons (Fsp3) is 0.188. The van der Waals surface area contributed by atoms with Crippen LogP contribution >= 0.6 is 12.6 Å². The Kier molecular flexibility index (Phi) is 4.82. The van der Waals surface area contributed by atoms with Crippen LogP contribution in [-0.4, -0.2) is 22.4 Å². The van der Waals surface area contributed by atoms with Crippen molar-refractivity contribution in [2.75, 3.05) is 0 Å². The molecule has 0 saturated heterocycles. The standard InChI is InChI=1S/C16H17NO2S/c17-14(16(18)19)15(20)13(11-7-3-1-4-8-11)12-9-5-2-6-10-12/h1-10,13-15,20H,17H2,(H,18,19). The van der Waals surface area contributed by atoms with Gasteiger partial charge in [0.1, 0.15) is 6.04 Å². The minimum atomic E-state index is -1.04. The summed E-state index contributed by atoms with van der Waals surface area (Å²) in [5, 5.41) is 8.62. The maximum absolute atomic E-state index is 11.1. The Morgan fingerprint density at radius 1 is 0.950 bits per heavy atom. The van der Waals surface area contributed by atoms with Crippen molar-refractivity contribution in [3.63, 3.8) is 0 Å². The maximum atomic E-state index is 11.1. The number of benzene rings is 2. The minimum absolute atomic E-state index is 0.160. The number of thiol groups is 1. The highest BCUT2D eigenvalue weighted by Gasteiger charge is 2.30. The number of hydrogen-bond acceptors (Lipinski definition) is 3. The molecule has 0 aliphatic carbocycles. The van der Waals surface area contributed by atoms with E-state index < -0.39 is 17.3 Å². The lowest BCUT2D eigenvalue weighted by atomic mass is 9.85. The zero-order valence-corrected chi connectivity index (χ0v) is 11.8. The van der Waals surface area contributed by atoms with Gasteiger partial charge in [-0.2, -0.15) is 12.6 Å². The lowest BCUT2D eigenvalue weighted by Crippen LogP contribution is -2.42. The zero-order chi connectivity index (χ0) is 14.5. The van der Waals surface area contributed by atoms with Gasteiger partial charge in [-0.3, -0.25) is 4.79 Å². The number of aliphatic carboxylic acids is 1. The lowest BCUT2D eigenvalue weighted by Gasteiger charge is -2.27. The molecule has 0 fully saturated rings. The van der Waals surface area contributed by atoms with Crippen LogP contribution < -0.4 is 5.73 Å². The smallest absolute Gasteiger partial charge is 0.321 e. The molecule has 3 nitrogen and oxygen atoms in total. The second-order valence-corrected chi connectivity index (χ2v) is 5.25. The van der Waals surface area contributed by atoms with E-state index in [1.54, 1.807) is 0 Å². The summed E-state index contributed by atoms with van der Waals surface area (Å²) in [5.41, 5.74) is 7.78. The molecule has 2 unspecified atom stereocenters. The van der Waals surface area contributed by atoms with Gasteiger partial charge in [0, 0.05) is 11.2 Å². The van der Waals surface area contributed by atoms with Crippen LogP contribution in [0.2, 0.25) is 0 Å². The summed E-state index contributed by atoms with van der Waals surface area (Å²) in [4.78, 5) is 11.1. The average Bonchev–Trinajstić information content (AvgIpc) is 2.48. The Bertz CT molecular complexity index is 520. The number of nitrogens with two attached hydrogens (primary N) is 1. The van der Waals surface area contributed by atoms with Crippen molar-refractivity contribution in [3.8, 4) is 0 Å². The van der Waals surface area contributed by atoms with E-state index in [4.69, 9.17) is 10.8 Å². The van der Waals surface area contributed by atoms with Crippen LogP contribution in [-0.2, 0) is 4.79 Å². The molecule has 2 rings (SSSR count). The second-order valence-electron chi connectivity index (χ2n) is 4.65. The Balaban J connectivity index is 2.43. The number of hydrogen-bond donors (Lipinski definition) is 3. The molecule has 3 N–H and O–H groups in total. The summed E-state index contributed by atoms with van der Waals surface area (Å²) >= 11 is 4.48. The van der Waals surface area contributed by atoms with Crippen LogP contribution in [0.1, 0.15) is 17.0 Å². The van der Waals surface area contributed by atoms with E-state index in [0.29, 0.717) is 0 Å². The van der Waals surface area contributed by atoms with Crippen LogP contribution in [0.3, 0.4) is 0 Å². The van der Waals surface area contributed by atoms with Gasteiger partial charge >= 0.3 is 5.97 Å². The fourth-order valence-corrected chi connectivity index (χ4v) is 2.73. The average molecular weight is 287 g/mol. The van der Waals surface area contributed by atoms with Crippen molar-refractivity contribution in [1.29, 1.82) is 0 Å². The monoisotopic (exact) mass is 287 g/mol. The van der Waals surface area contributed by atoms with Gasteiger partial charge in [-0.1, -0.05) is 60.7 Å². The van der Waals surface area contributed by atoms with Gasteiger partial charge in [0.15, 0.2) is 0 Å². The van der Waals surface area contributed by atoms with Gasteiger partial charge in [-0.25, -0.2) is 0 Å². The highest BCUT2D eigenvalue weighted by Crippen LogP contribution is 2.32. The van der Waals surface area contributed by atoms with E-state index >= 15 is 0 Å². The number of carbonyl (C=O) groups is 1. The lowest BCUT2D eigenvalue weighted by molar-refractivity contribution is -0.138. The quantitative estimate of drug-likeness (QED) is 0.740. The highest BCUT2D eigenvalue weighted by atomic mass is 32.1. The second kappa shape index (κ2) is 6.59. The molecule has 2 aromatic rings. The molecule has 0 saturated carbocycles. The normalized spacial score (nSPS) is 13.9. The molecule has 0 aliphatic rings. The largest absolute Gasteiger partial charge is 0.480 e. The van der Waals surface area contributed by atoms with Crippen molar-refractivity contribution in [3.05, 3.63) is 71.8 Å². The van der Waals surface area contributed by atoms with Crippen molar-refractivity contribution >= 4 is 18.6 Å². The van der Waals surface area contributed by atoms with E-state index in [0.717, 1.165) is 11.1 Å².